The molecule has 126 valence electrons. The molecule has 23 heavy (non-hydrogen) atoms. The van der Waals surface area contributed by atoms with E-state index in [4.69, 9.17) is 9.69 Å². The predicted octanol–water partition coefficient (Wildman–Crippen LogP) is 3.09. The van der Waals surface area contributed by atoms with E-state index < -0.39 is 8.25 Å². The van der Waals surface area contributed by atoms with Crippen LogP contribution in [0.15, 0.2) is 18.8 Å². The van der Waals surface area contributed by atoms with Crippen molar-refractivity contribution in [1.82, 2.24) is 9.97 Å². The Balaban J connectivity index is 0.000000219. The maximum Gasteiger partial charge on any atom is 0.750 e. The summed E-state index contributed by atoms with van der Waals surface area (Å²) in [6.07, 6.45) is 12.0. The molecule has 8 heteroatoms. The Morgan fingerprint density at radius 3 is 2.22 bits per heavy atom. The van der Waals surface area contributed by atoms with Gasteiger partial charge in [-0.25, -0.2) is 9.97 Å². The number of anilines is 1. The van der Waals surface area contributed by atoms with Gasteiger partial charge in [0.25, 0.3) is 0 Å². The van der Waals surface area contributed by atoms with E-state index in [-0.39, 0.29) is 6.47 Å². The summed E-state index contributed by atoms with van der Waals surface area (Å²) in [7, 11) is -2.72. The fourth-order valence-electron chi connectivity index (χ4n) is 1.87. The molecule has 2 heterocycles. The third kappa shape index (κ3) is 8.38. The maximum absolute atomic E-state index is 9.29. The van der Waals surface area contributed by atoms with E-state index in [0.29, 0.717) is 5.82 Å². The van der Waals surface area contributed by atoms with Crippen LogP contribution in [-0.4, -0.2) is 34.4 Å². The molecule has 1 unspecified atom stereocenters. The molecule has 1 aromatic heterocycles. The first-order valence-corrected chi connectivity index (χ1v) is 8.77. The summed E-state index contributed by atoms with van der Waals surface area (Å²) in [6, 6.07) is 1.96. The van der Waals surface area contributed by atoms with Gasteiger partial charge in [-0.05, 0) is 25.0 Å². The lowest BCUT2D eigenvalue weighted by molar-refractivity contribution is -0.120. The van der Waals surface area contributed by atoms with Crippen molar-refractivity contribution in [2.75, 3.05) is 18.0 Å². The zero-order valence-corrected chi connectivity index (χ0v) is 14.0. The largest absolute Gasteiger partial charge is 0.750 e. The molecule has 0 bridgehead atoms. The van der Waals surface area contributed by atoms with Gasteiger partial charge in [0.15, 0.2) is 5.82 Å². The molecule has 3 rings (SSSR count). The molecule has 2 fully saturated rings. The Bertz CT molecular complexity index is 499. The van der Waals surface area contributed by atoms with Gasteiger partial charge in [0.1, 0.15) is 5.82 Å². The number of carbonyl (C=O) groups is 1. The van der Waals surface area contributed by atoms with Crippen LogP contribution in [0.5, 0.6) is 0 Å². The number of aromatic nitrogens is 2. The molecule has 1 aliphatic carbocycles. The highest BCUT2D eigenvalue weighted by Gasteiger charge is 2.13. The van der Waals surface area contributed by atoms with Crippen molar-refractivity contribution in [2.45, 2.75) is 38.5 Å². The molecular weight excluding hydrogens is 317 g/mol. The van der Waals surface area contributed by atoms with Crippen molar-refractivity contribution >= 4 is 26.6 Å². The highest BCUT2D eigenvalue weighted by atomic mass is 31.1. The summed E-state index contributed by atoms with van der Waals surface area (Å²) in [5.74, 6) is 1.74. The lowest BCUT2D eigenvalue weighted by Crippen LogP contribution is -2.19. The summed E-state index contributed by atoms with van der Waals surface area (Å²) in [4.78, 5) is 27.4. The van der Waals surface area contributed by atoms with Crippen LogP contribution in [0.3, 0.4) is 0 Å². The van der Waals surface area contributed by atoms with Crippen LogP contribution in [0.2, 0.25) is 0 Å². The Hall–Kier alpha value is -1.85. The van der Waals surface area contributed by atoms with Crippen molar-refractivity contribution in [1.29, 1.82) is 0 Å². The molecule has 7 nitrogen and oxygen atoms in total. The van der Waals surface area contributed by atoms with Gasteiger partial charge in [0.05, 0.1) is 0 Å². The summed E-state index contributed by atoms with van der Waals surface area (Å²) in [5, 5.41) is 0. The van der Waals surface area contributed by atoms with E-state index in [0.717, 1.165) is 18.9 Å². The van der Waals surface area contributed by atoms with E-state index >= 15 is 0 Å². The number of nitrogens with zero attached hydrogens (tertiary/aromatic N) is 3. The molecule has 0 amide bonds. The first-order valence-electron chi connectivity index (χ1n) is 7.64. The minimum atomic E-state index is -2.72. The molecule has 1 N–H and O–H groups in total. The van der Waals surface area contributed by atoms with Crippen LogP contribution >= 0.6 is 8.25 Å². The van der Waals surface area contributed by atoms with Gasteiger partial charge in [-0.15, -0.1) is 4.89 Å². The smallest absolute Gasteiger partial charge is 0.357 e. The third-order valence-corrected chi connectivity index (χ3v) is 3.67. The molecule has 1 atom stereocenters. The van der Waals surface area contributed by atoms with Gasteiger partial charge < -0.3 is 4.90 Å². The van der Waals surface area contributed by atoms with E-state index in [9.17, 15) is 4.57 Å². The molecule has 1 saturated carbocycles. The van der Waals surface area contributed by atoms with Crippen LogP contribution in [-0.2, 0) is 13.9 Å². The molecule has 2 aliphatic rings. The zero-order valence-electron chi connectivity index (χ0n) is 13.1. The maximum atomic E-state index is 9.29. The van der Waals surface area contributed by atoms with E-state index in [1.165, 1.54) is 38.5 Å². The second-order valence-corrected chi connectivity index (χ2v) is 5.71. The number of hydrogen-bond acceptors (Lipinski definition) is 6. The first kappa shape index (κ1) is 19.2. The Kier molecular flexibility index (Phi) is 9.75. The van der Waals surface area contributed by atoms with Crippen LogP contribution in [0.4, 0.5) is 5.82 Å². The molecule has 1 aromatic rings. The van der Waals surface area contributed by atoms with Crippen LogP contribution < -0.4 is 4.90 Å². The molecule has 0 aromatic carbocycles. The quantitative estimate of drug-likeness (QED) is 0.665. The average molecular weight is 340 g/mol. The predicted molar refractivity (Wildman–Crippen MR) is 89.0 cm³/mol. The topological polar surface area (TPSA) is 92.6 Å². The second kappa shape index (κ2) is 11.7. The van der Waals surface area contributed by atoms with Crippen molar-refractivity contribution in [3.63, 3.8) is 0 Å². The van der Waals surface area contributed by atoms with Gasteiger partial charge in [0.2, 0.25) is 0 Å². The van der Waals surface area contributed by atoms with Crippen LogP contribution in [0.25, 0.3) is 6.08 Å². The van der Waals surface area contributed by atoms with E-state index in [1.54, 1.807) is 12.3 Å². The summed E-state index contributed by atoms with van der Waals surface area (Å²) in [5.41, 5.74) is 0. The summed E-state index contributed by atoms with van der Waals surface area (Å²) >= 11 is 0. The van der Waals surface area contributed by atoms with Gasteiger partial charge in [-0.1, -0.05) is 32.3 Å². The lowest BCUT2D eigenvalue weighted by Gasteiger charge is -2.15. The van der Waals surface area contributed by atoms with Crippen molar-refractivity contribution in [3.8, 4) is 0 Å². The Labute approximate surface area is 137 Å². The van der Waals surface area contributed by atoms with Crippen molar-refractivity contribution < 1.29 is 18.8 Å². The van der Waals surface area contributed by atoms with Crippen LogP contribution in [0, 0.1) is 0 Å². The molecule has 1 saturated heterocycles. The fourth-order valence-corrected chi connectivity index (χ4v) is 1.94. The second-order valence-electron chi connectivity index (χ2n) is 5.03. The van der Waals surface area contributed by atoms with E-state index in [1.807, 2.05) is 6.07 Å². The van der Waals surface area contributed by atoms with Gasteiger partial charge in [-0.2, -0.15) is 4.52 Å². The number of rotatable bonds is 4. The Morgan fingerprint density at radius 1 is 1.22 bits per heavy atom. The Morgan fingerprint density at radius 2 is 1.83 bits per heavy atom. The highest BCUT2D eigenvalue weighted by Crippen LogP contribution is 2.17. The minimum Gasteiger partial charge on any atom is -0.357 e. The van der Waals surface area contributed by atoms with Crippen molar-refractivity contribution in [2.24, 2.45) is 0 Å². The highest BCUT2D eigenvalue weighted by molar-refractivity contribution is 7.32. The zero-order chi connectivity index (χ0) is 16.9. The average Bonchev–Trinajstić information content (AvgIpc) is 3.00. The molecule has 0 radical (unpaired) electrons. The standard InChI is InChI=1S/C10H13N3.C4H8.CHO4P/c1-2-9-11-6-5-10(12-9)13-7-3-4-8-13;1-2-4-3-1;2-1-5-6(3)4/h2,5-6H,1,3-4,7-8H2;1-4H2;1H/p+1. The fraction of sp³-hybridized carbons (Fsp3) is 0.533. The van der Waals surface area contributed by atoms with Crippen molar-refractivity contribution in [3.05, 3.63) is 24.7 Å². The lowest BCUT2D eigenvalue weighted by atomic mass is 10.0. The molecular formula is C15H23N3O4P+. The first-order chi connectivity index (χ1) is 11.2. The number of hydrogen-bond donors (Lipinski definition) is 1. The summed E-state index contributed by atoms with van der Waals surface area (Å²) < 4.78 is 12.7. The third-order valence-electron chi connectivity index (χ3n) is 3.41. The number of carbonyl (C=O) groups excluding carboxylic acids is 1. The van der Waals surface area contributed by atoms with Gasteiger partial charge in [-0.3, -0.25) is 4.79 Å². The monoisotopic (exact) mass is 340 g/mol. The molecule has 1 aliphatic heterocycles. The minimum absolute atomic E-state index is 0.0846. The van der Waals surface area contributed by atoms with E-state index in [2.05, 4.69) is 26.0 Å². The summed E-state index contributed by atoms with van der Waals surface area (Å²) in [6.45, 7) is 5.81. The normalized spacial score (nSPS) is 15.9. The van der Waals surface area contributed by atoms with Gasteiger partial charge >= 0.3 is 14.7 Å². The van der Waals surface area contributed by atoms with Gasteiger partial charge in [0, 0.05) is 23.9 Å². The molecule has 0 spiro atoms. The SMILES string of the molecule is C1CCC1.C=Cc1nccc(N2CCCC2)n1.O=CO[P+](=O)O. The van der Waals surface area contributed by atoms with Crippen LogP contribution in [0.1, 0.15) is 44.3 Å².